The van der Waals surface area contributed by atoms with Crippen LogP contribution in [0.5, 0.6) is 11.5 Å². The van der Waals surface area contributed by atoms with Crippen LogP contribution in [0.25, 0.3) is 0 Å². The van der Waals surface area contributed by atoms with Gasteiger partial charge in [0, 0.05) is 9.50 Å². The van der Waals surface area contributed by atoms with E-state index in [1.165, 1.54) is 5.56 Å². The molecule has 0 N–H and O–H groups in total. The summed E-state index contributed by atoms with van der Waals surface area (Å²) in [7, 11) is 2.12. The molecule has 0 saturated carbocycles. The smallest absolute Gasteiger partial charge is 0.127 e. The average Bonchev–Trinajstić information content (AvgIpc) is 2.34. The number of benzene rings is 2. The molecule has 0 saturated heterocycles. The Bertz CT molecular complexity index is 513. The van der Waals surface area contributed by atoms with Gasteiger partial charge in [-0.1, -0.05) is 33.9 Å². The van der Waals surface area contributed by atoms with Gasteiger partial charge in [-0.05, 0) is 48.0 Å². The Balaban J connectivity index is 2.21. The van der Waals surface area contributed by atoms with Crippen LogP contribution < -0.4 is 4.74 Å². The van der Waals surface area contributed by atoms with Crippen molar-refractivity contribution in [2.45, 2.75) is 6.32 Å². The van der Waals surface area contributed by atoms with Gasteiger partial charge in [-0.25, -0.2) is 0 Å². The van der Waals surface area contributed by atoms with Crippen molar-refractivity contribution in [1.82, 2.24) is 0 Å². The molecule has 86 valence electrons. The molecule has 0 bridgehead atoms. The van der Waals surface area contributed by atoms with E-state index in [0.29, 0.717) is 5.02 Å². The van der Waals surface area contributed by atoms with Crippen LogP contribution in [0.15, 0.2) is 46.9 Å². The van der Waals surface area contributed by atoms with Crippen molar-refractivity contribution >= 4 is 35.4 Å². The first-order valence-corrected chi connectivity index (χ1v) is 6.58. The molecule has 0 spiro atoms. The zero-order valence-corrected chi connectivity index (χ0v) is 11.8. The van der Waals surface area contributed by atoms with E-state index in [0.717, 1.165) is 22.3 Å². The molecule has 0 atom stereocenters. The van der Waals surface area contributed by atoms with Crippen LogP contribution >= 0.6 is 27.5 Å². The second kappa shape index (κ2) is 5.61. The van der Waals surface area contributed by atoms with Crippen molar-refractivity contribution < 1.29 is 4.74 Å². The van der Waals surface area contributed by atoms with Gasteiger partial charge in [0.05, 0.1) is 0 Å². The zero-order chi connectivity index (χ0) is 12.3. The van der Waals surface area contributed by atoms with Crippen molar-refractivity contribution in [3.63, 3.8) is 0 Å². The quantitative estimate of drug-likeness (QED) is 0.778. The number of hydrogen-bond acceptors (Lipinski definition) is 1. The maximum atomic E-state index is 5.82. The highest BCUT2D eigenvalue weighted by molar-refractivity contribution is 9.10. The number of halogens is 2. The highest BCUT2D eigenvalue weighted by atomic mass is 79.9. The van der Waals surface area contributed by atoms with Gasteiger partial charge in [-0.2, -0.15) is 0 Å². The van der Waals surface area contributed by atoms with Gasteiger partial charge in [0.15, 0.2) is 0 Å². The molecule has 0 aliphatic carbocycles. The SMILES string of the molecule is BCc1cc(Oc2ccc(Cl)cc2)ccc1Br. The van der Waals surface area contributed by atoms with Gasteiger partial charge < -0.3 is 4.74 Å². The van der Waals surface area contributed by atoms with Gasteiger partial charge in [0.1, 0.15) is 19.3 Å². The largest absolute Gasteiger partial charge is 0.457 e. The maximum absolute atomic E-state index is 5.82. The summed E-state index contributed by atoms with van der Waals surface area (Å²) in [6, 6.07) is 13.3. The minimum absolute atomic E-state index is 0.711. The standard InChI is InChI=1S/C13H11BBrClO/c14-8-9-7-12(5-6-13(9)15)17-11-3-1-10(16)2-4-11/h1-7H,8,14H2. The molecule has 0 fully saturated rings. The summed E-state index contributed by atoms with van der Waals surface area (Å²) in [5, 5.41) is 0.711. The molecular weight excluding hydrogens is 298 g/mol. The second-order valence-electron chi connectivity index (χ2n) is 3.66. The summed E-state index contributed by atoms with van der Waals surface area (Å²) in [4.78, 5) is 0. The molecule has 0 radical (unpaired) electrons. The van der Waals surface area contributed by atoms with Gasteiger partial charge >= 0.3 is 0 Å². The first-order valence-electron chi connectivity index (χ1n) is 5.41. The van der Waals surface area contributed by atoms with E-state index < -0.39 is 0 Å². The Labute approximate surface area is 115 Å². The summed E-state index contributed by atoms with van der Waals surface area (Å²) in [5.74, 6) is 1.63. The highest BCUT2D eigenvalue weighted by Gasteiger charge is 2.02. The Morgan fingerprint density at radius 1 is 1.06 bits per heavy atom. The first-order chi connectivity index (χ1) is 8.19. The highest BCUT2D eigenvalue weighted by Crippen LogP contribution is 2.27. The van der Waals surface area contributed by atoms with E-state index >= 15 is 0 Å². The topological polar surface area (TPSA) is 9.23 Å². The Morgan fingerprint density at radius 3 is 2.35 bits per heavy atom. The minimum Gasteiger partial charge on any atom is -0.457 e. The fraction of sp³-hybridized carbons (Fsp3) is 0.0769. The van der Waals surface area contributed by atoms with Crippen LogP contribution in [-0.4, -0.2) is 7.85 Å². The van der Waals surface area contributed by atoms with Gasteiger partial charge in [-0.15, -0.1) is 0 Å². The van der Waals surface area contributed by atoms with Crippen LogP contribution in [0.4, 0.5) is 0 Å². The summed E-state index contributed by atoms with van der Waals surface area (Å²) >= 11 is 9.33. The molecule has 1 nitrogen and oxygen atoms in total. The lowest BCUT2D eigenvalue weighted by atomic mass is 9.97. The van der Waals surface area contributed by atoms with Crippen LogP contribution in [0.3, 0.4) is 0 Å². The van der Waals surface area contributed by atoms with Crippen LogP contribution in [0, 0.1) is 0 Å². The fourth-order valence-corrected chi connectivity index (χ4v) is 2.18. The lowest BCUT2D eigenvalue weighted by Gasteiger charge is -2.08. The monoisotopic (exact) mass is 308 g/mol. The predicted octanol–water partition coefficient (Wildman–Crippen LogP) is 4.03. The molecule has 4 heteroatoms. The third-order valence-electron chi connectivity index (χ3n) is 2.45. The zero-order valence-electron chi connectivity index (χ0n) is 9.41. The Hall–Kier alpha value is -0.925. The van der Waals surface area contributed by atoms with Crippen molar-refractivity contribution in [3.8, 4) is 11.5 Å². The molecular formula is C13H11BBrClO. The van der Waals surface area contributed by atoms with Crippen LogP contribution in [0.1, 0.15) is 5.56 Å². The van der Waals surface area contributed by atoms with Crippen molar-refractivity contribution in [3.05, 3.63) is 57.5 Å². The Kier molecular flexibility index (Phi) is 4.13. The van der Waals surface area contributed by atoms with E-state index in [9.17, 15) is 0 Å². The fourth-order valence-electron chi connectivity index (χ4n) is 1.52. The van der Waals surface area contributed by atoms with Gasteiger partial charge in [-0.3, -0.25) is 0 Å². The van der Waals surface area contributed by atoms with E-state index in [4.69, 9.17) is 16.3 Å². The number of hydrogen-bond donors (Lipinski definition) is 0. The van der Waals surface area contributed by atoms with Gasteiger partial charge in [0.2, 0.25) is 0 Å². The summed E-state index contributed by atoms with van der Waals surface area (Å²) in [6.07, 6.45) is 0.971. The molecule has 0 aliphatic rings. The van der Waals surface area contributed by atoms with E-state index in [1.54, 1.807) is 0 Å². The average molecular weight is 309 g/mol. The summed E-state index contributed by atoms with van der Waals surface area (Å²) in [5.41, 5.74) is 1.23. The van der Waals surface area contributed by atoms with Crippen molar-refractivity contribution in [2.75, 3.05) is 0 Å². The molecule has 0 aliphatic heterocycles. The molecule has 2 aromatic rings. The predicted molar refractivity (Wildman–Crippen MR) is 77.9 cm³/mol. The third-order valence-corrected chi connectivity index (χ3v) is 3.47. The summed E-state index contributed by atoms with van der Waals surface area (Å²) < 4.78 is 6.87. The minimum atomic E-state index is 0.711. The van der Waals surface area contributed by atoms with Crippen LogP contribution in [0.2, 0.25) is 5.02 Å². The number of rotatable bonds is 3. The second-order valence-corrected chi connectivity index (χ2v) is 4.95. The van der Waals surface area contributed by atoms with Gasteiger partial charge in [0.25, 0.3) is 0 Å². The van der Waals surface area contributed by atoms with E-state index in [2.05, 4.69) is 23.8 Å². The van der Waals surface area contributed by atoms with Crippen molar-refractivity contribution in [2.24, 2.45) is 0 Å². The lowest BCUT2D eigenvalue weighted by molar-refractivity contribution is 0.482. The number of ether oxygens (including phenoxy) is 1. The molecule has 0 heterocycles. The summed E-state index contributed by atoms with van der Waals surface area (Å²) in [6.45, 7) is 0. The van der Waals surface area contributed by atoms with Crippen molar-refractivity contribution in [1.29, 1.82) is 0 Å². The molecule has 2 rings (SSSR count). The first kappa shape index (κ1) is 12.5. The molecule has 0 amide bonds. The molecule has 0 aromatic heterocycles. The van der Waals surface area contributed by atoms with E-state index in [-0.39, 0.29) is 0 Å². The Morgan fingerprint density at radius 2 is 1.71 bits per heavy atom. The third kappa shape index (κ3) is 3.27. The molecule has 2 aromatic carbocycles. The van der Waals surface area contributed by atoms with E-state index in [1.807, 2.05) is 42.5 Å². The molecule has 17 heavy (non-hydrogen) atoms. The molecule has 0 unspecified atom stereocenters. The van der Waals surface area contributed by atoms with Crippen LogP contribution in [-0.2, 0) is 6.32 Å². The normalized spacial score (nSPS) is 10.2. The maximum Gasteiger partial charge on any atom is 0.127 e. The lowest BCUT2D eigenvalue weighted by Crippen LogP contribution is -1.89.